The van der Waals surface area contributed by atoms with E-state index < -0.39 is 0 Å². The summed E-state index contributed by atoms with van der Waals surface area (Å²) >= 11 is 0. The molecule has 0 radical (unpaired) electrons. The third-order valence-corrected chi connectivity index (χ3v) is 1.83. The van der Waals surface area contributed by atoms with Gasteiger partial charge in [-0.2, -0.15) is 5.06 Å². The Morgan fingerprint density at radius 1 is 1.55 bits per heavy atom. The second-order valence-electron chi connectivity index (χ2n) is 3.85. The molecule has 2 N–H and O–H groups in total. The lowest BCUT2D eigenvalue weighted by Gasteiger charge is -2.21. The van der Waals surface area contributed by atoms with Crippen molar-refractivity contribution >= 4 is 0 Å². The molecule has 0 aromatic carbocycles. The molecular weight excluding hydrogens is 140 g/mol. The second kappa shape index (κ2) is 3.52. The summed E-state index contributed by atoms with van der Waals surface area (Å²) in [5.74, 6) is 0. The summed E-state index contributed by atoms with van der Waals surface area (Å²) in [7, 11) is 0. The van der Waals surface area contributed by atoms with Crippen LogP contribution in [0.2, 0.25) is 0 Å². The monoisotopic (exact) mass is 158 g/mol. The van der Waals surface area contributed by atoms with Gasteiger partial charge in [-0.15, -0.1) is 0 Å². The molecule has 0 atom stereocenters. The van der Waals surface area contributed by atoms with E-state index in [4.69, 9.17) is 10.6 Å². The predicted molar refractivity (Wildman–Crippen MR) is 45.0 cm³/mol. The fourth-order valence-corrected chi connectivity index (χ4v) is 1.09. The molecule has 1 saturated heterocycles. The molecule has 0 aromatic heterocycles. The number of rotatable bonds is 3. The third-order valence-electron chi connectivity index (χ3n) is 1.83. The van der Waals surface area contributed by atoms with Crippen LogP contribution in [0.1, 0.15) is 26.7 Å². The minimum atomic E-state index is -0.0635. The van der Waals surface area contributed by atoms with Crippen molar-refractivity contribution in [3.05, 3.63) is 0 Å². The first kappa shape index (κ1) is 8.97. The minimum Gasteiger partial charge on any atom is -0.326 e. The molecule has 3 nitrogen and oxygen atoms in total. The van der Waals surface area contributed by atoms with Gasteiger partial charge in [0.05, 0.1) is 6.61 Å². The first-order valence-corrected chi connectivity index (χ1v) is 4.25. The summed E-state index contributed by atoms with van der Waals surface area (Å²) in [6, 6.07) is 0. The van der Waals surface area contributed by atoms with Crippen LogP contribution >= 0.6 is 0 Å². The molecule has 1 aliphatic rings. The Labute approximate surface area is 68.5 Å². The number of nitrogens with zero attached hydrogens (tertiary/aromatic N) is 1. The lowest BCUT2D eigenvalue weighted by atomic mass is 10.0. The van der Waals surface area contributed by atoms with Crippen molar-refractivity contribution in [1.82, 2.24) is 5.06 Å². The van der Waals surface area contributed by atoms with Gasteiger partial charge in [-0.05, 0) is 26.7 Å². The molecule has 0 saturated carbocycles. The zero-order valence-electron chi connectivity index (χ0n) is 7.47. The number of hydrogen-bond acceptors (Lipinski definition) is 3. The van der Waals surface area contributed by atoms with E-state index in [1.807, 2.05) is 18.9 Å². The molecule has 1 heterocycles. The zero-order valence-corrected chi connectivity index (χ0v) is 7.47. The fraction of sp³-hybridized carbons (Fsp3) is 1.00. The van der Waals surface area contributed by atoms with E-state index in [9.17, 15) is 0 Å². The van der Waals surface area contributed by atoms with Crippen molar-refractivity contribution in [2.45, 2.75) is 32.2 Å². The van der Waals surface area contributed by atoms with Crippen LogP contribution in [0.5, 0.6) is 0 Å². The van der Waals surface area contributed by atoms with Crippen molar-refractivity contribution < 1.29 is 4.84 Å². The van der Waals surface area contributed by atoms with E-state index in [0.29, 0.717) is 0 Å². The van der Waals surface area contributed by atoms with Crippen molar-refractivity contribution in [2.75, 3.05) is 19.7 Å². The van der Waals surface area contributed by atoms with Gasteiger partial charge in [0.25, 0.3) is 0 Å². The SMILES string of the molecule is CC(C)(N)CCN1CCCO1. The smallest absolute Gasteiger partial charge is 0.0698 e. The summed E-state index contributed by atoms with van der Waals surface area (Å²) in [4.78, 5) is 5.33. The summed E-state index contributed by atoms with van der Waals surface area (Å²) in [5.41, 5.74) is 5.77. The molecule has 66 valence electrons. The number of hydrogen-bond donors (Lipinski definition) is 1. The Morgan fingerprint density at radius 2 is 2.27 bits per heavy atom. The highest BCUT2D eigenvalue weighted by atomic mass is 16.7. The van der Waals surface area contributed by atoms with Gasteiger partial charge >= 0.3 is 0 Å². The highest BCUT2D eigenvalue weighted by molar-refractivity contribution is 4.72. The second-order valence-corrected chi connectivity index (χ2v) is 3.85. The van der Waals surface area contributed by atoms with E-state index in [1.165, 1.54) is 0 Å². The maximum absolute atomic E-state index is 5.83. The van der Waals surface area contributed by atoms with Gasteiger partial charge in [0, 0.05) is 18.6 Å². The predicted octanol–water partition coefficient (Wildman–Crippen LogP) is 0.751. The van der Waals surface area contributed by atoms with Crippen LogP contribution < -0.4 is 5.73 Å². The molecule has 0 aromatic rings. The van der Waals surface area contributed by atoms with Gasteiger partial charge in [0.15, 0.2) is 0 Å². The van der Waals surface area contributed by atoms with Crippen molar-refractivity contribution in [1.29, 1.82) is 0 Å². The highest BCUT2D eigenvalue weighted by Crippen LogP contribution is 2.09. The van der Waals surface area contributed by atoms with Gasteiger partial charge in [0.1, 0.15) is 0 Å². The highest BCUT2D eigenvalue weighted by Gasteiger charge is 2.16. The first-order chi connectivity index (χ1) is 5.08. The van der Waals surface area contributed by atoms with E-state index in [1.54, 1.807) is 0 Å². The Bertz CT molecular complexity index is 114. The molecule has 1 fully saturated rings. The van der Waals surface area contributed by atoms with Gasteiger partial charge in [-0.1, -0.05) is 0 Å². The standard InChI is InChI=1S/C8H18N2O/c1-8(2,9)4-6-10-5-3-7-11-10/h3-7,9H2,1-2H3. The van der Waals surface area contributed by atoms with Gasteiger partial charge in [-0.3, -0.25) is 4.84 Å². The van der Waals surface area contributed by atoms with Crippen LogP contribution in [0, 0.1) is 0 Å². The first-order valence-electron chi connectivity index (χ1n) is 4.25. The Kier molecular flexibility index (Phi) is 2.87. The quantitative estimate of drug-likeness (QED) is 0.658. The average Bonchev–Trinajstić information content (AvgIpc) is 2.32. The molecule has 3 heteroatoms. The van der Waals surface area contributed by atoms with E-state index in [2.05, 4.69) is 0 Å². The molecule has 0 spiro atoms. The maximum Gasteiger partial charge on any atom is 0.0698 e. The van der Waals surface area contributed by atoms with Crippen LogP contribution in [0.4, 0.5) is 0 Å². The topological polar surface area (TPSA) is 38.5 Å². The molecular formula is C8H18N2O. The zero-order chi connectivity index (χ0) is 8.32. The van der Waals surface area contributed by atoms with Gasteiger partial charge < -0.3 is 5.73 Å². The summed E-state index contributed by atoms with van der Waals surface area (Å²) < 4.78 is 0. The van der Waals surface area contributed by atoms with Gasteiger partial charge in [0.2, 0.25) is 0 Å². The Morgan fingerprint density at radius 3 is 2.73 bits per heavy atom. The van der Waals surface area contributed by atoms with E-state index in [-0.39, 0.29) is 5.54 Å². The van der Waals surface area contributed by atoms with Crippen LogP contribution in [-0.2, 0) is 4.84 Å². The molecule has 0 bridgehead atoms. The largest absolute Gasteiger partial charge is 0.326 e. The van der Waals surface area contributed by atoms with E-state index >= 15 is 0 Å². The molecule has 0 aliphatic carbocycles. The van der Waals surface area contributed by atoms with Crippen LogP contribution in [-0.4, -0.2) is 30.3 Å². The summed E-state index contributed by atoms with van der Waals surface area (Å²) in [6.45, 7) is 7.00. The van der Waals surface area contributed by atoms with Crippen LogP contribution in [0.3, 0.4) is 0 Å². The summed E-state index contributed by atoms with van der Waals surface area (Å²) in [5, 5.41) is 2.01. The van der Waals surface area contributed by atoms with E-state index in [0.717, 1.165) is 32.5 Å². The molecule has 1 rings (SSSR count). The lowest BCUT2D eigenvalue weighted by Crippen LogP contribution is -2.36. The normalized spacial score (nSPS) is 21.0. The third kappa shape index (κ3) is 3.70. The van der Waals surface area contributed by atoms with Crippen molar-refractivity contribution in [2.24, 2.45) is 5.73 Å². The number of nitrogens with two attached hydrogens (primary N) is 1. The lowest BCUT2D eigenvalue weighted by molar-refractivity contribution is -0.112. The van der Waals surface area contributed by atoms with Crippen LogP contribution in [0.15, 0.2) is 0 Å². The summed E-state index contributed by atoms with van der Waals surface area (Å²) in [6.07, 6.45) is 2.15. The fourth-order valence-electron chi connectivity index (χ4n) is 1.09. The Balaban J connectivity index is 2.11. The van der Waals surface area contributed by atoms with Crippen molar-refractivity contribution in [3.63, 3.8) is 0 Å². The average molecular weight is 158 g/mol. The Hall–Kier alpha value is -0.120. The molecule has 0 unspecified atom stereocenters. The molecule has 1 aliphatic heterocycles. The van der Waals surface area contributed by atoms with Crippen LogP contribution in [0.25, 0.3) is 0 Å². The van der Waals surface area contributed by atoms with Crippen molar-refractivity contribution in [3.8, 4) is 0 Å². The molecule has 0 amide bonds. The number of hydroxylamine groups is 2. The molecule has 11 heavy (non-hydrogen) atoms. The minimum absolute atomic E-state index is 0.0635. The maximum atomic E-state index is 5.83. The van der Waals surface area contributed by atoms with Gasteiger partial charge in [-0.25, -0.2) is 0 Å².